The molecule has 0 bridgehead atoms. The molecule has 1 fully saturated rings. The maximum Gasteiger partial charge on any atom is 0.189 e. The molecule has 3 rings (SSSR count). The first kappa shape index (κ1) is 14.8. The van der Waals surface area contributed by atoms with Crippen LogP contribution < -0.4 is 11.1 Å². The molecule has 0 aromatic carbocycles. The van der Waals surface area contributed by atoms with Gasteiger partial charge in [-0.25, -0.2) is 14.7 Å². The summed E-state index contributed by atoms with van der Waals surface area (Å²) < 4.78 is 1.66. The molecule has 2 aromatic heterocycles. The average Bonchev–Trinajstić information content (AvgIpc) is 2.88. The number of rotatable bonds is 4. The van der Waals surface area contributed by atoms with E-state index in [2.05, 4.69) is 20.4 Å². The van der Waals surface area contributed by atoms with Crippen LogP contribution in [0.3, 0.4) is 0 Å². The summed E-state index contributed by atoms with van der Waals surface area (Å²) in [5, 5.41) is 8.01. The van der Waals surface area contributed by atoms with Gasteiger partial charge in [-0.2, -0.15) is 5.10 Å². The van der Waals surface area contributed by atoms with Crippen molar-refractivity contribution in [2.75, 3.05) is 0 Å². The second-order valence-electron chi connectivity index (χ2n) is 5.51. The standard InChI is InChI=1S/C15H19ClN6/c1-10-5-6-11(7-18-15(17)21-13-3-2-4-13)14(20-10)22-9-12(16)8-19-22/h5-6,8-9,13H,2-4,7H2,1H3,(H3,17,18,21). The molecule has 2 heterocycles. The van der Waals surface area contributed by atoms with E-state index in [0.29, 0.717) is 23.6 Å². The Morgan fingerprint density at radius 2 is 2.32 bits per heavy atom. The molecule has 0 spiro atoms. The largest absolute Gasteiger partial charge is 0.370 e. The van der Waals surface area contributed by atoms with E-state index >= 15 is 0 Å². The number of guanidine groups is 1. The number of halogens is 1. The summed E-state index contributed by atoms with van der Waals surface area (Å²) in [6.45, 7) is 2.39. The number of hydrogen-bond acceptors (Lipinski definition) is 3. The second kappa shape index (κ2) is 6.36. The summed E-state index contributed by atoms with van der Waals surface area (Å²) in [6.07, 6.45) is 6.91. The van der Waals surface area contributed by atoms with Crippen LogP contribution in [0.25, 0.3) is 5.82 Å². The minimum Gasteiger partial charge on any atom is -0.370 e. The number of nitrogens with zero attached hydrogens (tertiary/aromatic N) is 4. The van der Waals surface area contributed by atoms with E-state index in [1.165, 1.54) is 19.3 Å². The Labute approximate surface area is 134 Å². The third kappa shape index (κ3) is 3.39. The maximum absolute atomic E-state index is 5.94. The topological polar surface area (TPSA) is 81.1 Å². The quantitative estimate of drug-likeness (QED) is 0.669. The fourth-order valence-corrected chi connectivity index (χ4v) is 2.42. The third-order valence-corrected chi connectivity index (χ3v) is 3.94. The predicted octanol–water partition coefficient (Wildman–Crippen LogP) is 2.19. The SMILES string of the molecule is Cc1ccc(CN=C(N)NC2CCC2)c(-n2cc(Cl)cn2)n1. The molecule has 1 aliphatic rings. The van der Waals surface area contributed by atoms with Gasteiger partial charge in [-0.15, -0.1) is 0 Å². The summed E-state index contributed by atoms with van der Waals surface area (Å²) >= 11 is 5.94. The summed E-state index contributed by atoms with van der Waals surface area (Å²) in [4.78, 5) is 8.94. The smallest absolute Gasteiger partial charge is 0.189 e. The summed E-state index contributed by atoms with van der Waals surface area (Å²) in [6, 6.07) is 4.42. The molecule has 6 nitrogen and oxygen atoms in total. The van der Waals surface area contributed by atoms with E-state index in [9.17, 15) is 0 Å². The Hall–Kier alpha value is -2.08. The zero-order valence-corrected chi connectivity index (χ0v) is 13.2. The minimum absolute atomic E-state index is 0.450. The van der Waals surface area contributed by atoms with Crippen molar-refractivity contribution >= 4 is 17.6 Å². The van der Waals surface area contributed by atoms with E-state index in [1.807, 2.05) is 19.1 Å². The Balaban J connectivity index is 1.79. The molecule has 2 aromatic rings. The van der Waals surface area contributed by atoms with Gasteiger partial charge in [-0.05, 0) is 32.3 Å². The summed E-state index contributed by atoms with van der Waals surface area (Å²) in [5.74, 6) is 1.21. The molecule has 3 N–H and O–H groups in total. The van der Waals surface area contributed by atoms with Gasteiger partial charge in [-0.1, -0.05) is 17.7 Å². The van der Waals surface area contributed by atoms with Gasteiger partial charge in [0.25, 0.3) is 0 Å². The Bertz CT molecular complexity index is 689. The van der Waals surface area contributed by atoms with Gasteiger partial charge in [-0.3, -0.25) is 0 Å². The molecule has 0 aliphatic heterocycles. The van der Waals surface area contributed by atoms with Crippen molar-refractivity contribution in [1.82, 2.24) is 20.1 Å². The number of aliphatic imine (C=N–C) groups is 1. The molecular formula is C15H19ClN6. The van der Waals surface area contributed by atoms with Crippen molar-refractivity contribution in [3.8, 4) is 5.82 Å². The van der Waals surface area contributed by atoms with Gasteiger partial charge < -0.3 is 11.1 Å². The van der Waals surface area contributed by atoms with E-state index in [4.69, 9.17) is 17.3 Å². The number of nitrogens with two attached hydrogens (primary N) is 1. The molecule has 0 atom stereocenters. The lowest BCUT2D eigenvalue weighted by Crippen LogP contribution is -2.43. The number of aryl methyl sites for hydroxylation is 1. The minimum atomic E-state index is 0.450. The van der Waals surface area contributed by atoms with E-state index in [1.54, 1.807) is 17.1 Å². The average molecular weight is 319 g/mol. The Morgan fingerprint density at radius 3 is 2.95 bits per heavy atom. The molecule has 0 saturated heterocycles. The molecule has 1 saturated carbocycles. The van der Waals surface area contributed by atoms with Crippen LogP contribution in [0.15, 0.2) is 29.5 Å². The first-order valence-corrected chi connectivity index (χ1v) is 7.73. The van der Waals surface area contributed by atoms with Gasteiger partial charge in [0.05, 0.1) is 24.0 Å². The number of nitrogens with one attached hydrogen (secondary N) is 1. The highest BCUT2D eigenvalue weighted by Gasteiger charge is 2.17. The van der Waals surface area contributed by atoms with Gasteiger partial charge in [0.15, 0.2) is 11.8 Å². The number of hydrogen-bond donors (Lipinski definition) is 2. The van der Waals surface area contributed by atoms with Crippen LogP contribution in [-0.2, 0) is 6.54 Å². The molecule has 116 valence electrons. The normalized spacial score (nSPS) is 15.6. The lowest BCUT2D eigenvalue weighted by atomic mass is 9.93. The van der Waals surface area contributed by atoms with Crippen LogP contribution in [0.5, 0.6) is 0 Å². The van der Waals surface area contributed by atoms with Crippen molar-refractivity contribution in [1.29, 1.82) is 0 Å². The zero-order valence-electron chi connectivity index (χ0n) is 12.5. The highest BCUT2D eigenvalue weighted by atomic mass is 35.5. The molecule has 0 unspecified atom stereocenters. The maximum atomic E-state index is 5.94. The molecule has 1 aliphatic carbocycles. The van der Waals surface area contributed by atoms with E-state index < -0.39 is 0 Å². The fraction of sp³-hybridized carbons (Fsp3) is 0.400. The lowest BCUT2D eigenvalue weighted by Gasteiger charge is -2.26. The van der Waals surface area contributed by atoms with Gasteiger partial charge in [0.1, 0.15) is 0 Å². The van der Waals surface area contributed by atoms with Crippen LogP contribution in [0.1, 0.15) is 30.5 Å². The summed E-state index contributed by atoms with van der Waals surface area (Å²) in [7, 11) is 0. The fourth-order valence-electron chi connectivity index (χ4n) is 2.29. The van der Waals surface area contributed by atoms with Crippen LogP contribution >= 0.6 is 11.6 Å². The summed E-state index contributed by atoms with van der Waals surface area (Å²) in [5.41, 5.74) is 7.79. The molecular weight excluding hydrogens is 300 g/mol. The monoisotopic (exact) mass is 318 g/mol. The Morgan fingerprint density at radius 1 is 1.50 bits per heavy atom. The molecule has 0 radical (unpaired) electrons. The van der Waals surface area contributed by atoms with Gasteiger partial charge in [0.2, 0.25) is 0 Å². The third-order valence-electron chi connectivity index (χ3n) is 3.74. The predicted molar refractivity (Wildman–Crippen MR) is 87.2 cm³/mol. The molecule has 7 heteroatoms. The van der Waals surface area contributed by atoms with Crippen molar-refractivity contribution in [3.63, 3.8) is 0 Å². The lowest BCUT2D eigenvalue weighted by molar-refractivity contribution is 0.382. The number of aromatic nitrogens is 3. The zero-order chi connectivity index (χ0) is 15.5. The second-order valence-corrected chi connectivity index (χ2v) is 5.95. The van der Waals surface area contributed by atoms with Gasteiger partial charge in [0, 0.05) is 17.3 Å². The van der Waals surface area contributed by atoms with Crippen LogP contribution in [-0.4, -0.2) is 26.8 Å². The van der Waals surface area contributed by atoms with Crippen molar-refractivity contribution in [3.05, 3.63) is 40.8 Å². The van der Waals surface area contributed by atoms with Crippen molar-refractivity contribution < 1.29 is 0 Å². The molecule has 0 amide bonds. The van der Waals surface area contributed by atoms with Crippen LogP contribution in [0.2, 0.25) is 5.02 Å². The highest BCUT2D eigenvalue weighted by molar-refractivity contribution is 6.30. The van der Waals surface area contributed by atoms with Crippen molar-refractivity contribution in [2.45, 2.75) is 38.8 Å². The highest BCUT2D eigenvalue weighted by Crippen LogP contribution is 2.18. The Kier molecular flexibility index (Phi) is 4.29. The molecule has 22 heavy (non-hydrogen) atoms. The first-order valence-electron chi connectivity index (χ1n) is 7.35. The number of pyridine rings is 1. The first-order chi connectivity index (χ1) is 10.6. The van der Waals surface area contributed by atoms with E-state index in [-0.39, 0.29) is 0 Å². The van der Waals surface area contributed by atoms with Crippen LogP contribution in [0, 0.1) is 6.92 Å². The van der Waals surface area contributed by atoms with Crippen molar-refractivity contribution in [2.24, 2.45) is 10.7 Å². The van der Waals surface area contributed by atoms with Gasteiger partial charge >= 0.3 is 0 Å². The van der Waals surface area contributed by atoms with E-state index in [0.717, 1.165) is 17.1 Å². The van der Waals surface area contributed by atoms with Crippen LogP contribution in [0.4, 0.5) is 0 Å².